The Bertz CT molecular complexity index is 546. The summed E-state index contributed by atoms with van der Waals surface area (Å²) in [7, 11) is 0. The van der Waals surface area contributed by atoms with Gasteiger partial charge in [-0.3, -0.25) is 0 Å². The molecule has 2 saturated carbocycles. The van der Waals surface area contributed by atoms with Gasteiger partial charge in [0.05, 0.1) is 12.2 Å². The van der Waals surface area contributed by atoms with Gasteiger partial charge in [0, 0.05) is 6.61 Å². The third-order valence-electron chi connectivity index (χ3n) is 7.61. The number of hydrogen-bond acceptors (Lipinski definition) is 3. The van der Waals surface area contributed by atoms with Gasteiger partial charge in [-0.1, -0.05) is 80.9 Å². The minimum atomic E-state index is -0.191. The van der Waals surface area contributed by atoms with Crippen molar-refractivity contribution in [1.29, 1.82) is 0 Å². The number of rotatable bonds is 2. The standard InChI is InChI=1S/C11H22O.C9H18O.C9H16O/c1-11(2,3)7-9-4-5-10(6-9)8-12;2*1-9(2,3)7-4-5-8(10)6-7/h9-10,12H,4-8H2,1-3H3;7-8,10H,4-6H2,1-3H3;4-5,7-8,10H,6H2,1-3H3/t9-,10-;2*7-,8-/m111/s1. The zero-order chi connectivity index (χ0) is 24.7. The summed E-state index contributed by atoms with van der Waals surface area (Å²) in [4.78, 5) is 0. The second kappa shape index (κ2) is 12.4. The van der Waals surface area contributed by atoms with E-state index in [0.29, 0.717) is 34.7 Å². The zero-order valence-electron chi connectivity index (χ0n) is 22.8. The molecule has 0 bridgehead atoms. The Morgan fingerprint density at radius 1 is 0.688 bits per heavy atom. The first-order valence-corrected chi connectivity index (χ1v) is 13.2. The maximum Gasteiger partial charge on any atom is 0.0726 e. The van der Waals surface area contributed by atoms with Crippen molar-refractivity contribution in [3.8, 4) is 0 Å². The van der Waals surface area contributed by atoms with Crippen LogP contribution in [0.2, 0.25) is 0 Å². The summed E-state index contributed by atoms with van der Waals surface area (Å²) in [6.07, 6.45) is 13.1. The summed E-state index contributed by atoms with van der Waals surface area (Å²) in [6.45, 7) is 20.7. The van der Waals surface area contributed by atoms with E-state index < -0.39 is 0 Å². The van der Waals surface area contributed by atoms with Crippen LogP contribution in [0.1, 0.15) is 114 Å². The van der Waals surface area contributed by atoms with E-state index in [1.54, 1.807) is 0 Å². The monoisotopic (exact) mass is 452 g/mol. The molecule has 0 spiro atoms. The first-order valence-electron chi connectivity index (χ1n) is 13.2. The molecule has 3 rings (SSSR count). The lowest BCUT2D eigenvalue weighted by Crippen LogP contribution is -2.18. The maximum absolute atomic E-state index is 9.26. The lowest BCUT2D eigenvalue weighted by atomic mass is 9.80. The van der Waals surface area contributed by atoms with E-state index >= 15 is 0 Å². The average Bonchev–Trinajstić information content (AvgIpc) is 3.34. The minimum Gasteiger partial charge on any atom is -0.396 e. The summed E-state index contributed by atoms with van der Waals surface area (Å²) in [5.74, 6) is 2.78. The van der Waals surface area contributed by atoms with E-state index in [2.05, 4.69) is 68.4 Å². The molecule has 0 aliphatic heterocycles. The van der Waals surface area contributed by atoms with Crippen LogP contribution in [-0.2, 0) is 0 Å². The summed E-state index contributed by atoms with van der Waals surface area (Å²) in [5.41, 5.74) is 1.18. The van der Waals surface area contributed by atoms with Crippen LogP contribution in [0.3, 0.4) is 0 Å². The molecule has 0 radical (unpaired) electrons. The Balaban J connectivity index is 0.000000241. The van der Waals surface area contributed by atoms with Gasteiger partial charge in [-0.15, -0.1) is 0 Å². The molecule has 2 fully saturated rings. The fourth-order valence-electron chi connectivity index (χ4n) is 5.46. The van der Waals surface area contributed by atoms with Gasteiger partial charge in [-0.25, -0.2) is 0 Å². The van der Waals surface area contributed by atoms with Crippen LogP contribution in [0.15, 0.2) is 12.2 Å². The van der Waals surface area contributed by atoms with Crippen molar-refractivity contribution in [3.05, 3.63) is 12.2 Å². The normalized spacial score (nSPS) is 32.9. The van der Waals surface area contributed by atoms with E-state index in [4.69, 9.17) is 5.11 Å². The molecule has 0 aromatic rings. The van der Waals surface area contributed by atoms with Crippen molar-refractivity contribution >= 4 is 0 Å². The third-order valence-corrected chi connectivity index (χ3v) is 7.61. The second-order valence-electron chi connectivity index (χ2n) is 14.2. The highest BCUT2D eigenvalue weighted by atomic mass is 16.3. The van der Waals surface area contributed by atoms with Crippen LogP contribution in [0.5, 0.6) is 0 Å². The van der Waals surface area contributed by atoms with Gasteiger partial charge in [0.25, 0.3) is 0 Å². The molecule has 190 valence electrons. The van der Waals surface area contributed by atoms with Gasteiger partial charge in [0.15, 0.2) is 0 Å². The summed E-state index contributed by atoms with van der Waals surface area (Å²) >= 11 is 0. The van der Waals surface area contributed by atoms with Crippen LogP contribution < -0.4 is 0 Å². The maximum atomic E-state index is 9.26. The summed E-state index contributed by atoms with van der Waals surface area (Å²) < 4.78 is 0. The number of aliphatic hydroxyl groups excluding tert-OH is 3. The second-order valence-corrected chi connectivity index (χ2v) is 14.2. The number of hydrogen-bond donors (Lipinski definition) is 3. The quantitative estimate of drug-likeness (QED) is 0.395. The number of aliphatic hydroxyl groups is 3. The van der Waals surface area contributed by atoms with Crippen LogP contribution in [0.4, 0.5) is 0 Å². The molecule has 0 amide bonds. The van der Waals surface area contributed by atoms with E-state index in [0.717, 1.165) is 31.1 Å². The predicted molar refractivity (Wildman–Crippen MR) is 138 cm³/mol. The van der Waals surface area contributed by atoms with Gasteiger partial charge in [-0.2, -0.15) is 0 Å². The van der Waals surface area contributed by atoms with Gasteiger partial charge < -0.3 is 15.3 Å². The number of allylic oxidation sites excluding steroid dienone is 1. The molecular weight excluding hydrogens is 396 g/mol. The van der Waals surface area contributed by atoms with E-state index in [1.165, 1.54) is 32.1 Å². The topological polar surface area (TPSA) is 60.7 Å². The molecule has 0 aromatic heterocycles. The molecule has 3 heteroatoms. The Morgan fingerprint density at radius 3 is 1.56 bits per heavy atom. The molecular formula is C29H56O3. The first-order chi connectivity index (χ1) is 14.5. The van der Waals surface area contributed by atoms with E-state index in [-0.39, 0.29) is 12.2 Å². The molecule has 0 aromatic carbocycles. The highest BCUT2D eigenvalue weighted by Gasteiger charge is 2.32. The lowest BCUT2D eigenvalue weighted by molar-refractivity contribution is 0.158. The van der Waals surface area contributed by atoms with Crippen molar-refractivity contribution in [2.45, 2.75) is 126 Å². The van der Waals surface area contributed by atoms with Crippen LogP contribution in [0, 0.1) is 39.9 Å². The molecule has 3 aliphatic rings. The fourth-order valence-corrected chi connectivity index (χ4v) is 5.46. The van der Waals surface area contributed by atoms with Crippen LogP contribution >= 0.6 is 0 Å². The molecule has 3 aliphatic carbocycles. The van der Waals surface area contributed by atoms with E-state index in [1.807, 2.05) is 6.08 Å². The van der Waals surface area contributed by atoms with Crippen molar-refractivity contribution < 1.29 is 15.3 Å². The minimum absolute atomic E-state index is 0.00998. The molecule has 0 unspecified atom stereocenters. The molecule has 3 nitrogen and oxygen atoms in total. The van der Waals surface area contributed by atoms with Crippen LogP contribution in [-0.4, -0.2) is 34.1 Å². The molecule has 0 saturated heterocycles. The Hall–Kier alpha value is -0.380. The van der Waals surface area contributed by atoms with E-state index in [9.17, 15) is 10.2 Å². The Morgan fingerprint density at radius 2 is 1.28 bits per heavy atom. The molecule has 3 N–H and O–H groups in total. The third kappa shape index (κ3) is 11.7. The van der Waals surface area contributed by atoms with Gasteiger partial charge in [0.2, 0.25) is 0 Å². The van der Waals surface area contributed by atoms with Crippen molar-refractivity contribution in [2.24, 2.45) is 39.9 Å². The average molecular weight is 453 g/mol. The largest absolute Gasteiger partial charge is 0.396 e. The highest BCUT2D eigenvalue weighted by molar-refractivity contribution is 5.05. The zero-order valence-corrected chi connectivity index (χ0v) is 22.8. The van der Waals surface area contributed by atoms with Crippen LogP contribution in [0.25, 0.3) is 0 Å². The smallest absolute Gasteiger partial charge is 0.0726 e. The van der Waals surface area contributed by atoms with Gasteiger partial charge in [-0.05, 0) is 84.9 Å². The van der Waals surface area contributed by atoms with Gasteiger partial charge in [0.1, 0.15) is 0 Å². The van der Waals surface area contributed by atoms with Crippen molar-refractivity contribution in [1.82, 2.24) is 0 Å². The van der Waals surface area contributed by atoms with Gasteiger partial charge >= 0.3 is 0 Å². The lowest BCUT2D eigenvalue weighted by Gasteiger charge is -2.26. The Labute approximate surface area is 200 Å². The summed E-state index contributed by atoms with van der Waals surface area (Å²) in [5, 5.41) is 27.4. The Kier molecular flexibility index (Phi) is 11.5. The molecule has 32 heavy (non-hydrogen) atoms. The highest BCUT2D eigenvalue weighted by Crippen LogP contribution is 2.39. The molecule has 6 atom stereocenters. The fraction of sp³-hybridized carbons (Fsp3) is 0.931. The van der Waals surface area contributed by atoms with Crippen molar-refractivity contribution in [2.75, 3.05) is 6.61 Å². The molecule has 0 heterocycles. The van der Waals surface area contributed by atoms with Crippen molar-refractivity contribution in [3.63, 3.8) is 0 Å². The SMILES string of the molecule is CC(C)(C)C[C@@H]1CC[C@@H](CO)C1.CC(C)(C)[C@@H]1C=C[C@@H](O)C1.CC(C)(C)[C@@H]1CC[C@@H](O)C1. The summed E-state index contributed by atoms with van der Waals surface area (Å²) in [6, 6.07) is 0. The first kappa shape index (κ1) is 29.7. The predicted octanol–water partition coefficient (Wildman–Crippen LogP) is 6.99.